The quantitative estimate of drug-likeness (QED) is 0.661. The first-order valence-corrected chi connectivity index (χ1v) is 9.34. The van der Waals surface area contributed by atoms with Crippen LogP contribution in [0.1, 0.15) is 11.8 Å². The van der Waals surface area contributed by atoms with E-state index in [2.05, 4.69) is 44.7 Å². The fraction of sp³-hybridized carbons (Fsp3) is 0.333. The van der Waals surface area contributed by atoms with Crippen LogP contribution >= 0.6 is 11.8 Å². The third-order valence-electron chi connectivity index (χ3n) is 4.10. The molecule has 7 nitrogen and oxygen atoms in total. The van der Waals surface area contributed by atoms with Gasteiger partial charge in [-0.3, -0.25) is 5.32 Å². The highest BCUT2D eigenvalue weighted by molar-refractivity contribution is 7.99. The Bertz CT molecular complexity index is 833. The van der Waals surface area contributed by atoms with Gasteiger partial charge >= 0.3 is 0 Å². The Morgan fingerprint density at radius 1 is 1.19 bits per heavy atom. The van der Waals surface area contributed by atoms with Gasteiger partial charge in [0.25, 0.3) is 11.1 Å². The van der Waals surface area contributed by atoms with Crippen LogP contribution in [0.25, 0.3) is 11.7 Å². The van der Waals surface area contributed by atoms with E-state index in [-0.39, 0.29) is 12.3 Å². The molecule has 0 bridgehead atoms. The predicted molar refractivity (Wildman–Crippen MR) is 99.1 cm³/mol. The Balaban J connectivity index is 1.30. The molecule has 8 heteroatoms. The molecule has 1 aromatic carbocycles. The van der Waals surface area contributed by atoms with Crippen LogP contribution in [-0.2, 0) is 4.74 Å². The van der Waals surface area contributed by atoms with Gasteiger partial charge in [-0.05, 0) is 29.8 Å². The van der Waals surface area contributed by atoms with Gasteiger partial charge in [0.15, 0.2) is 5.76 Å². The highest BCUT2D eigenvalue weighted by atomic mass is 32.2. The van der Waals surface area contributed by atoms with Crippen molar-refractivity contribution in [1.82, 2.24) is 15.5 Å². The van der Waals surface area contributed by atoms with Crippen LogP contribution in [-0.4, -0.2) is 42.7 Å². The lowest BCUT2D eigenvalue weighted by Gasteiger charge is -2.16. The Morgan fingerprint density at radius 2 is 2.04 bits per heavy atom. The predicted octanol–water partition coefficient (Wildman–Crippen LogP) is 3.17. The molecule has 1 N–H and O–H groups in total. The molecule has 4 rings (SSSR count). The van der Waals surface area contributed by atoms with Crippen molar-refractivity contribution in [2.24, 2.45) is 0 Å². The maximum atomic E-state index is 6.09. The van der Waals surface area contributed by atoms with Crippen LogP contribution in [0, 0.1) is 0 Å². The van der Waals surface area contributed by atoms with Gasteiger partial charge in [-0.2, -0.15) is 0 Å². The van der Waals surface area contributed by atoms with Crippen LogP contribution < -0.4 is 10.2 Å². The van der Waals surface area contributed by atoms with Crippen LogP contribution in [0.3, 0.4) is 0 Å². The number of ether oxygens (including phenoxy) is 1. The molecule has 0 spiro atoms. The molecule has 0 radical (unpaired) electrons. The summed E-state index contributed by atoms with van der Waals surface area (Å²) in [7, 11) is 4.06. The van der Waals surface area contributed by atoms with Crippen molar-refractivity contribution < 1.29 is 13.6 Å². The molecule has 1 fully saturated rings. The first kappa shape index (κ1) is 17.1. The highest BCUT2D eigenvalue weighted by Crippen LogP contribution is 2.28. The number of rotatable bonds is 6. The molecule has 0 saturated carbocycles. The molecule has 1 saturated heterocycles. The van der Waals surface area contributed by atoms with Crippen molar-refractivity contribution in [2.45, 2.75) is 17.6 Å². The number of hydrogen-bond donors (Lipinski definition) is 1. The number of anilines is 1. The lowest BCUT2D eigenvalue weighted by Crippen LogP contribution is -2.16. The molecule has 0 unspecified atom stereocenters. The van der Waals surface area contributed by atoms with E-state index in [1.165, 1.54) is 17.4 Å². The number of benzene rings is 1. The zero-order valence-electron chi connectivity index (χ0n) is 14.6. The largest absolute Gasteiger partial charge is 0.459 e. The van der Waals surface area contributed by atoms with Gasteiger partial charge in [-0.25, -0.2) is 0 Å². The lowest BCUT2D eigenvalue weighted by molar-refractivity contribution is 0.0534. The summed E-state index contributed by atoms with van der Waals surface area (Å²) in [5.74, 6) is 1.70. The molecule has 0 aliphatic carbocycles. The topological polar surface area (TPSA) is 76.6 Å². The van der Waals surface area contributed by atoms with Crippen LogP contribution in [0.15, 0.2) is 56.7 Å². The molecule has 1 aliphatic rings. The number of thioether (sulfide) groups is 1. The van der Waals surface area contributed by atoms with E-state index in [0.29, 0.717) is 16.9 Å². The van der Waals surface area contributed by atoms with Crippen molar-refractivity contribution >= 4 is 17.4 Å². The maximum absolute atomic E-state index is 6.09. The summed E-state index contributed by atoms with van der Waals surface area (Å²) in [6.07, 6.45) is 1.57. The summed E-state index contributed by atoms with van der Waals surface area (Å²) in [4.78, 5) is 2.08. The summed E-state index contributed by atoms with van der Waals surface area (Å²) in [6, 6.07) is 12.0. The van der Waals surface area contributed by atoms with Crippen LogP contribution in [0.5, 0.6) is 0 Å². The van der Waals surface area contributed by atoms with E-state index in [0.717, 1.165) is 17.9 Å². The monoisotopic (exact) mass is 372 g/mol. The number of hydrogen-bond acceptors (Lipinski definition) is 8. The third-order valence-corrected chi connectivity index (χ3v) is 5.05. The molecule has 1 aliphatic heterocycles. The Labute approximate surface area is 155 Å². The summed E-state index contributed by atoms with van der Waals surface area (Å²) >= 11 is 1.49. The number of furan rings is 1. The molecule has 3 heterocycles. The highest BCUT2D eigenvalue weighted by Gasteiger charge is 2.26. The van der Waals surface area contributed by atoms with Crippen LogP contribution in [0.4, 0.5) is 5.69 Å². The minimum absolute atomic E-state index is 0.0810. The molecule has 2 atom stereocenters. The molecule has 26 heavy (non-hydrogen) atoms. The molecule has 136 valence electrons. The van der Waals surface area contributed by atoms with Crippen molar-refractivity contribution in [3.05, 3.63) is 48.2 Å². The second-order valence-electron chi connectivity index (χ2n) is 6.19. The first-order chi connectivity index (χ1) is 12.7. The normalized spacial score (nSPS) is 19.8. The van der Waals surface area contributed by atoms with E-state index in [1.807, 2.05) is 14.1 Å². The van der Waals surface area contributed by atoms with Gasteiger partial charge in [0.1, 0.15) is 6.23 Å². The smallest absolute Gasteiger partial charge is 0.284 e. The standard InChI is InChI=1S/C18H20N4O3S/c1-22(2)13-7-5-12(6-8-13)16-19-10-14(24-16)11-26-18-21-20-17(25-18)15-4-3-9-23-15/h3-9,14,16,19H,10-11H2,1-2H3/t14-,16-/m1/s1. The number of aromatic nitrogens is 2. The van der Waals surface area contributed by atoms with Gasteiger partial charge in [0.2, 0.25) is 0 Å². The fourth-order valence-electron chi connectivity index (χ4n) is 2.70. The zero-order valence-corrected chi connectivity index (χ0v) is 15.4. The number of nitrogens with one attached hydrogen (secondary N) is 1. The SMILES string of the molecule is CN(C)c1ccc([C@@H]2NC[C@H](CSc3nnc(-c4ccco4)o3)O2)cc1. The van der Waals surface area contributed by atoms with Gasteiger partial charge in [-0.1, -0.05) is 23.9 Å². The van der Waals surface area contributed by atoms with Crippen molar-refractivity contribution in [1.29, 1.82) is 0 Å². The van der Waals surface area contributed by atoms with E-state index in [9.17, 15) is 0 Å². The minimum Gasteiger partial charge on any atom is -0.459 e. The Kier molecular flexibility index (Phi) is 4.96. The van der Waals surface area contributed by atoms with E-state index in [4.69, 9.17) is 13.6 Å². The van der Waals surface area contributed by atoms with E-state index in [1.54, 1.807) is 18.4 Å². The Morgan fingerprint density at radius 3 is 2.77 bits per heavy atom. The summed E-state index contributed by atoms with van der Waals surface area (Å²) in [6.45, 7) is 0.784. The van der Waals surface area contributed by atoms with Gasteiger partial charge in [0.05, 0.1) is 12.4 Å². The fourth-order valence-corrected chi connectivity index (χ4v) is 3.46. The van der Waals surface area contributed by atoms with E-state index < -0.39 is 0 Å². The number of nitrogens with zero attached hydrogens (tertiary/aromatic N) is 3. The summed E-state index contributed by atoms with van der Waals surface area (Å²) in [5, 5.41) is 12.0. The molecule has 2 aromatic heterocycles. The molecular weight excluding hydrogens is 352 g/mol. The van der Waals surface area contributed by atoms with Crippen LogP contribution in [0.2, 0.25) is 0 Å². The van der Waals surface area contributed by atoms with Crippen molar-refractivity contribution in [3.63, 3.8) is 0 Å². The van der Waals surface area contributed by atoms with Gasteiger partial charge in [0, 0.05) is 32.1 Å². The Hall–Kier alpha value is -2.29. The maximum Gasteiger partial charge on any atom is 0.284 e. The average Bonchev–Trinajstić information content (AvgIpc) is 3.40. The average molecular weight is 372 g/mol. The first-order valence-electron chi connectivity index (χ1n) is 8.35. The zero-order chi connectivity index (χ0) is 17.9. The summed E-state index contributed by atoms with van der Waals surface area (Å²) in [5.41, 5.74) is 2.30. The summed E-state index contributed by atoms with van der Waals surface area (Å²) < 4.78 is 16.9. The van der Waals surface area contributed by atoms with E-state index >= 15 is 0 Å². The van der Waals surface area contributed by atoms with Gasteiger partial charge in [-0.15, -0.1) is 10.2 Å². The molecular formula is C18H20N4O3S. The molecule has 3 aromatic rings. The third kappa shape index (κ3) is 3.77. The second kappa shape index (κ2) is 7.53. The van der Waals surface area contributed by atoms with Crippen molar-refractivity contribution in [2.75, 3.05) is 31.3 Å². The van der Waals surface area contributed by atoms with Crippen molar-refractivity contribution in [3.8, 4) is 11.7 Å². The minimum atomic E-state index is -0.0850. The second-order valence-corrected chi connectivity index (χ2v) is 7.17. The lowest BCUT2D eigenvalue weighted by atomic mass is 10.2. The van der Waals surface area contributed by atoms with Gasteiger partial charge < -0.3 is 18.5 Å². The molecule has 0 amide bonds.